The van der Waals surface area contributed by atoms with Crippen LogP contribution in [0, 0.1) is 6.42 Å². The van der Waals surface area contributed by atoms with Crippen molar-refractivity contribution in [2.75, 3.05) is 0 Å². The molecule has 72 valence electrons. The van der Waals surface area contributed by atoms with Gasteiger partial charge in [-0.3, -0.25) is 0 Å². The topological polar surface area (TPSA) is 0 Å². The molecule has 0 amide bonds. The van der Waals surface area contributed by atoms with Gasteiger partial charge in [0.15, 0.2) is 0 Å². The standard InChI is InChI=1S/C9H10.C4H9.Li/c1-8(2)9-6-4-3-5-7-9;1-3-4-2;/h3-7H,1H2,2H3;3H,4H2,1-2H3;/q;-1;+1. The Morgan fingerprint density at radius 2 is 1.71 bits per heavy atom. The molecular formula is C13H19Li. The Kier molecular flexibility index (Phi) is 12.2. The van der Waals surface area contributed by atoms with E-state index in [0.29, 0.717) is 0 Å². The molecular weight excluding hydrogens is 163 g/mol. The summed E-state index contributed by atoms with van der Waals surface area (Å²) >= 11 is 0. The third kappa shape index (κ3) is 8.17. The first-order valence-corrected chi connectivity index (χ1v) is 4.71. The molecule has 0 atom stereocenters. The molecule has 1 rings (SSSR count). The Balaban J connectivity index is 0. The second-order valence-corrected chi connectivity index (χ2v) is 2.96. The van der Waals surface area contributed by atoms with E-state index < -0.39 is 0 Å². The van der Waals surface area contributed by atoms with Gasteiger partial charge in [0.25, 0.3) is 0 Å². The molecule has 14 heavy (non-hydrogen) atoms. The minimum atomic E-state index is 0. The van der Waals surface area contributed by atoms with Gasteiger partial charge in [-0.15, -0.1) is 0 Å². The summed E-state index contributed by atoms with van der Waals surface area (Å²) in [7, 11) is 0. The van der Waals surface area contributed by atoms with Crippen LogP contribution in [-0.2, 0) is 0 Å². The molecule has 0 aliphatic rings. The molecule has 0 aliphatic heterocycles. The molecule has 0 bridgehead atoms. The Morgan fingerprint density at radius 1 is 1.29 bits per heavy atom. The SMILES string of the molecule is C=C(C)c1ccccc1.C[CH-]CC.[Li+]. The second kappa shape index (κ2) is 10.6. The van der Waals surface area contributed by atoms with Crippen LogP contribution >= 0.6 is 0 Å². The fraction of sp³-hybridized carbons (Fsp3) is 0.308. The maximum absolute atomic E-state index is 3.83. The second-order valence-electron chi connectivity index (χ2n) is 2.96. The van der Waals surface area contributed by atoms with Crippen molar-refractivity contribution in [2.24, 2.45) is 0 Å². The molecule has 0 radical (unpaired) electrons. The van der Waals surface area contributed by atoms with E-state index in [2.05, 4.69) is 39.0 Å². The molecule has 0 aromatic heterocycles. The molecule has 0 aliphatic carbocycles. The van der Waals surface area contributed by atoms with E-state index in [4.69, 9.17) is 0 Å². The summed E-state index contributed by atoms with van der Waals surface area (Å²) in [6, 6.07) is 10.2. The van der Waals surface area contributed by atoms with Gasteiger partial charge < -0.3 is 6.42 Å². The van der Waals surface area contributed by atoms with Gasteiger partial charge in [0.1, 0.15) is 0 Å². The molecule has 1 heteroatoms. The van der Waals surface area contributed by atoms with Crippen molar-refractivity contribution in [3.63, 3.8) is 0 Å². The van der Waals surface area contributed by atoms with Crippen molar-refractivity contribution in [1.82, 2.24) is 0 Å². The number of allylic oxidation sites excluding steroid dienone is 1. The van der Waals surface area contributed by atoms with Crippen LogP contribution in [0.5, 0.6) is 0 Å². The van der Waals surface area contributed by atoms with E-state index in [1.807, 2.05) is 25.1 Å². The van der Waals surface area contributed by atoms with E-state index in [1.54, 1.807) is 0 Å². The Bertz CT molecular complexity index is 224. The number of rotatable bonds is 2. The zero-order valence-corrected chi connectivity index (χ0v) is 9.88. The van der Waals surface area contributed by atoms with Crippen LogP contribution in [0.2, 0.25) is 0 Å². The Morgan fingerprint density at radius 3 is 1.93 bits per heavy atom. The summed E-state index contributed by atoms with van der Waals surface area (Å²) in [5.74, 6) is 0. The minimum Gasteiger partial charge on any atom is -0.332 e. The van der Waals surface area contributed by atoms with Crippen LogP contribution in [0.25, 0.3) is 5.57 Å². The van der Waals surface area contributed by atoms with Crippen LogP contribution < -0.4 is 18.9 Å². The summed E-state index contributed by atoms with van der Waals surface area (Å²) in [4.78, 5) is 0. The van der Waals surface area contributed by atoms with Crippen molar-refractivity contribution < 1.29 is 18.9 Å². The summed E-state index contributed by atoms with van der Waals surface area (Å²) in [5.41, 5.74) is 2.34. The summed E-state index contributed by atoms with van der Waals surface area (Å²) in [5, 5.41) is 0. The molecule has 1 aromatic carbocycles. The van der Waals surface area contributed by atoms with Crippen LogP contribution in [0.15, 0.2) is 36.9 Å². The zero-order chi connectivity index (χ0) is 10.1. The van der Waals surface area contributed by atoms with Gasteiger partial charge in [-0.25, -0.2) is 0 Å². The monoisotopic (exact) mass is 182 g/mol. The van der Waals surface area contributed by atoms with Crippen molar-refractivity contribution in [1.29, 1.82) is 0 Å². The van der Waals surface area contributed by atoms with Crippen molar-refractivity contribution in [3.8, 4) is 0 Å². The smallest absolute Gasteiger partial charge is 0.332 e. The average molecular weight is 182 g/mol. The fourth-order valence-corrected chi connectivity index (χ4v) is 0.723. The molecule has 0 N–H and O–H groups in total. The van der Waals surface area contributed by atoms with Crippen LogP contribution in [0.1, 0.15) is 32.8 Å². The number of unbranched alkanes of at least 4 members (excludes halogenated alkanes) is 1. The molecule has 0 nitrogen and oxygen atoms in total. The van der Waals surface area contributed by atoms with E-state index in [-0.39, 0.29) is 18.9 Å². The third-order valence-corrected chi connectivity index (χ3v) is 1.67. The van der Waals surface area contributed by atoms with Gasteiger partial charge in [0.05, 0.1) is 0 Å². The Labute approximate surface area is 101 Å². The predicted molar refractivity (Wildman–Crippen MR) is 61.4 cm³/mol. The molecule has 0 unspecified atom stereocenters. The van der Waals surface area contributed by atoms with Crippen molar-refractivity contribution in [2.45, 2.75) is 27.2 Å². The van der Waals surface area contributed by atoms with E-state index in [1.165, 1.54) is 12.0 Å². The summed E-state index contributed by atoms with van der Waals surface area (Å²) in [6.45, 7) is 10.0. The predicted octanol–water partition coefficient (Wildman–Crippen LogP) is 1.34. The number of hydrogen-bond acceptors (Lipinski definition) is 0. The van der Waals surface area contributed by atoms with E-state index in [9.17, 15) is 0 Å². The van der Waals surface area contributed by atoms with Crippen molar-refractivity contribution >= 4 is 5.57 Å². The molecule has 1 aromatic rings. The first-order valence-electron chi connectivity index (χ1n) is 4.71. The first kappa shape index (κ1) is 16.0. The maximum Gasteiger partial charge on any atom is 1.00 e. The van der Waals surface area contributed by atoms with E-state index >= 15 is 0 Å². The molecule has 0 heterocycles. The van der Waals surface area contributed by atoms with Gasteiger partial charge in [0.2, 0.25) is 0 Å². The summed E-state index contributed by atoms with van der Waals surface area (Å²) in [6.07, 6.45) is 3.32. The van der Waals surface area contributed by atoms with Gasteiger partial charge in [-0.05, 0) is 12.5 Å². The third-order valence-electron chi connectivity index (χ3n) is 1.67. The van der Waals surface area contributed by atoms with Crippen molar-refractivity contribution in [3.05, 3.63) is 48.9 Å². The number of hydrogen-bond donors (Lipinski definition) is 0. The first-order chi connectivity index (χ1) is 6.22. The normalized spacial score (nSPS) is 7.93. The van der Waals surface area contributed by atoms with Gasteiger partial charge in [-0.1, -0.05) is 49.4 Å². The maximum atomic E-state index is 3.83. The molecule has 0 saturated carbocycles. The van der Waals surface area contributed by atoms with Gasteiger partial charge in [-0.2, -0.15) is 13.3 Å². The molecule has 0 spiro atoms. The quantitative estimate of drug-likeness (QED) is 0.478. The largest absolute Gasteiger partial charge is 1.00 e. The van der Waals surface area contributed by atoms with Crippen LogP contribution in [-0.4, -0.2) is 0 Å². The summed E-state index contributed by atoms with van der Waals surface area (Å²) < 4.78 is 0. The Hall–Kier alpha value is -0.443. The average Bonchev–Trinajstić information content (AvgIpc) is 2.19. The molecule has 0 fully saturated rings. The van der Waals surface area contributed by atoms with E-state index in [0.717, 1.165) is 5.57 Å². The zero-order valence-electron chi connectivity index (χ0n) is 9.88. The van der Waals surface area contributed by atoms with Gasteiger partial charge in [0, 0.05) is 0 Å². The van der Waals surface area contributed by atoms with Crippen LogP contribution in [0.3, 0.4) is 0 Å². The number of benzene rings is 1. The van der Waals surface area contributed by atoms with Crippen LogP contribution in [0.4, 0.5) is 0 Å². The minimum absolute atomic E-state index is 0. The fourth-order valence-electron chi connectivity index (χ4n) is 0.723. The van der Waals surface area contributed by atoms with Gasteiger partial charge >= 0.3 is 18.9 Å². The molecule has 0 saturated heterocycles.